The molecule has 0 atom stereocenters. The van der Waals surface area contributed by atoms with E-state index in [1.165, 1.54) is 0 Å². The minimum absolute atomic E-state index is 0.121. The van der Waals surface area contributed by atoms with Crippen LogP contribution in [0.25, 0.3) is 11.3 Å². The third-order valence-electron chi connectivity index (χ3n) is 2.28. The van der Waals surface area contributed by atoms with E-state index in [0.717, 1.165) is 11.3 Å². The molecule has 0 saturated heterocycles. The molecule has 0 aromatic carbocycles. The zero-order valence-electron chi connectivity index (χ0n) is 9.39. The molecule has 2 rings (SSSR count). The van der Waals surface area contributed by atoms with Crippen molar-refractivity contribution in [3.8, 4) is 11.3 Å². The summed E-state index contributed by atoms with van der Waals surface area (Å²) in [5, 5.41) is 0. The standard InChI is InChI=1S/C11H11NO5S/c13-18(14,15)17-9-7-12-5-3-10(4-6-12)11-2-1-8-16-11/h1-6,8H,7,9H2/p+1. The summed E-state index contributed by atoms with van der Waals surface area (Å²) in [5.41, 5.74) is 0.923. The zero-order chi connectivity index (χ0) is 13.0. The van der Waals surface area contributed by atoms with Gasteiger partial charge in [-0.2, -0.15) is 8.42 Å². The van der Waals surface area contributed by atoms with Gasteiger partial charge in [-0.05, 0) is 12.1 Å². The van der Waals surface area contributed by atoms with E-state index in [1.54, 1.807) is 29.3 Å². The van der Waals surface area contributed by atoms with Gasteiger partial charge < -0.3 is 4.42 Å². The van der Waals surface area contributed by atoms with E-state index in [-0.39, 0.29) is 6.61 Å². The van der Waals surface area contributed by atoms with E-state index < -0.39 is 10.4 Å². The van der Waals surface area contributed by atoms with Gasteiger partial charge in [0.05, 0.1) is 6.26 Å². The molecule has 7 heteroatoms. The van der Waals surface area contributed by atoms with E-state index in [4.69, 9.17) is 8.97 Å². The van der Waals surface area contributed by atoms with Crippen LogP contribution in [-0.4, -0.2) is 19.6 Å². The van der Waals surface area contributed by atoms with Gasteiger partial charge in [-0.15, -0.1) is 0 Å². The first kappa shape index (κ1) is 12.7. The van der Waals surface area contributed by atoms with Crippen molar-refractivity contribution in [1.29, 1.82) is 0 Å². The van der Waals surface area contributed by atoms with Gasteiger partial charge in [0.1, 0.15) is 12.4 Å². The average molecular weight is 270 g/mol. The molecule has 1 N–H and O–H groups in total. The Morgan fingerprint density at radius 3 is 2.56 bits per heavy atom. The average Bonchev–Trinajstić information content (AvgIpc) is 2.82. The molecule has 96 valence electrons. The maximum atomic E-state index is 10.3. The summed E-state index contributed by atoms with van der Waals surface area (Å²) in [6, 6.07) is 7.33. The quantitative estimate of drug-likeness (QED) is 0.649. The highest BCUT2D eigenvalue weighted by Gasteiger charge is 2.08. The molecule has 0 aliphatic heterocycles. The van der Waals surface area contributed by atoms with Crippen LogP contribution in [0.2, 0.25) is 0 Å². The van der Waals surface area contributed by atoms with E-state index in [9.17, 15) is 8.42 Å². The molecule has 0 fully saturated rings. The molecule has 0 aliphatic rings. The van der Waals surface area contributed by atoms with Crippen LogP contribution in [0, 0.1) is 0 Å². The molecule has 2 aromatic heterocycles. The van der Waals surface area contributed by atoms with Crippen molar-refractivity contribution in [2.45, 2.75) is 6.54 Å². The third kappa shape index (κ3) is 3.66. The van der Waals surface area contributed by atoms with Gasteiger partial charge in [0.15, 0.2) is 18.9 Å². The van der Waals surface area contributed by atoms with Gasteiger partial charge in [0.25, 0.3) is 0 Å². The van der Waals surface area contributed by atoms with Gasteiger partial charge in [0, 0.05) is 17.7 Å². The monoisotopic (exact) mass is 270 g/mol. The lowest BCUT2D eigenvalue weighted by molar-refractivity contribution is -0.697. The molecule has 0 unspecified atom stereocenters. The second-order valence-electron chi connectivity index (χ2n) is 3.55. The molecule has 2 heterocycles. The van der Waals surface area contributed by atoms with Crippen LogP contribution >= 0.6 is 0 Å². The van der Waals surface area contributed by atoms with Crippen molar-refractivity contribution in [3.05, 3.63) is 42.9 Å². The van der Waals surface area contributed by atoms with E-state index in [0.29, 0.717) is 6.54 Å². The van der Waals surface area contributed by atoms with Gasteiger partial charge in [-0.1, -0.05) is 0 Å². The molecule has 0 bridgehead atoms. The number of aromatic nitrogens is 1. The summed E-state index contributed by atoms with van der Waals surface area (Å²) in [6.07, 6.45) is 5.13. The Morgan fingerprint density at radius 1 is 1.28 bits per heavy atom. The highest BCUT2D eigenvalue weighted by atomic mass is 32.3. The van der Waals surface area contributed by atoms with Crippen LogP contribution in [0.3, 0.4) is 0 Å². The summed E-state index contributed by atoms with van der Waals surface area (Å²) in [5.74, 6) is 0.760. The Hall–Kier alpha value is -1.70. The molecule has 0 aliphatic carbocycles. The van der Waals surface area contributed by atoms with Crippen molar-refractivity contribution < 1.29 is 26.1 Å². The van der Waals surface area contributed by atoms with Gasteiger partial charge in [-0.25, -0.2) is 8.75 Å². The van der Waals surface area contributed by atoms with Crippen LogP contribution in [0.15, 0.2) is 47.3 Å². The lowest BCUT2D eigenvalue weighted by Gasteiger charge is -1.98. The van der Waals surface area contributed by atoms with Gasteiger partial charge in [-0.3, -0.25) is 4.55 Å². The molecule has 0 radical (unpaired) electrons. The van der Waals surface area contributed by atoms with Crippen LogP contribution in [-0.2, 0) is 21.1 Å². The van der Waals surface area contributed by atoms with E-state index >= 15 is 0 Å². The lowest BCUT2D eigenvalue weighted by Crippen LogP contribution is -2.35. The minimum Gasteiger partial charge on any atom is -0.464 e. The van der Waals surface area contributed by atoms with Gasteiger partial charge in [0.2, 0.25) is 0 Å². The Kier molecular flexibility index (Phi) is 3.75. The topological polar surface area (TPSA) is 80.6 Å². The number of hydrogen-bond acceptors (Lipinski definition) is 4. The molecule has 0 saturated carbocycles. The smallest absolute Gasteiger partial charge is 0.397 e. The molecule has 18 heavy (non-hydrogen) atoms. The second-order valence-corrected chi connectivity index (χ2v) is 4.64. The Balaban J connectivity index is 1.96. The lowest BCUT2D eigenvalue weighted by atomic mass is 10.2. The maximum absolute atomic E-state index is 10.3. The molecular weight excluding hydrogens is 258 g/mol. The van der Waals surface area contributed by atoms with Crippen LogP contribution < -0.4 is 4.57 Å². The number of nitrogens with zero attached hydrogens (tertiary/aromatic N) is 1. The maximum Gasteiger partial charge on any atom is 0.397 e. The first-order valence-corrected chi connectivity index (χ1v) is 6.56. The number of pyridine rings is 1. The molecule has 0 spiro atoms. The van der Waals surface area contributed by atoms with Crippen molar-refractivity contribution >= 4 is 10.4 Å². The predicted octanol–water partition coefficient (Wildman–Crippen LogP) is 1.05. The molecule has 2 aromatic rings. The van der Waals surface area contributed by atoms with Crippen molar-refractivity contribution in [2.75, 3.05) is 6.61 Å². The first-order valence-electron chi connectivity index (χ1n) is 5.19. The van der Waals surface area contributed by atoms with E-state index in [1.807, 2.05) is 18.2 Å². The predicted molar refractivity (Wildman–Crippen MR) is 61.8 cm³/mol. The number of furan rings is 1. The fraction of sp³-hybridized carbons (Fsp3) is 0.182. The van der Waals surface area contributed by atoms with Crippen LogP contribution in [0.5, 0.6) is 0 Å². The SMILES string of the molecule is O=S(=O)(O)OCC[n+]1ccc(-c2ccco2)cc1. The normalized spacial score (nSPS) is 11.6. The van der Waals surface area contributed by atoms with Crippen molar-refractivity contribution in [3.63, 3.8) is 0 Å². The summed E-state index contributed by atoms with van der Waals surface area (Å²) in [6.45, 7) is 0.196. The highest BCUT2D eigenvalue weighted by molar-refractivity contribution is 7.80. The Bertz CT molecular complexity index is 589. The fourth-order valence-electron chi connectivity index (χ4n) is 1.46. The molecular formula is C11H12NO5S+. The van der Waals surface area contributed by atoms with Crippen molar-refractivity contribution in [2.24, 2.45) is 0 Å². The first-order chi connectivity index (χ1) is 8.54. The molecule has 0 amide bonds. The zero-order valence-corrected chi connectivity index (χ0v) is 10.2. The van der Waals surface area contributed by atoms with E-state index in [2.05, 4.69) is 4.18 Å². The third-order valence-corrected chi connectivity index (χ3v) is 2.74. The fourth-order valence-corrected chi connectivity index (χ4v) is 1.75. The van der Waals surface area contributed by atoms with Crippen LogP contribution in [0.4, 0.5) is 0 Å². The summed E-state index contributed by atoms with van der Waals surface area (Å²) in [7, 11) is -4.37. The number of hydrogen-bond donors (Lipinski definition) is 1. The van der Waals surface area contributed by atoms with Crippen molar-refractivity contribution in [1.82, 2.24) is 0 Å². The van der Waals surface area contributed by atoms with Crippen LogP contribution in [0.1, 0.15) is 0 Å². The second kappa shape index (κ2) is 5.30. The Morgan fingerprint density at radius 2 is 2.00 bits per heavy atom. The van der Waals surface area contributed by atoms with Gasteiger partial charge >= 0.3 is 10.4 Å². The Labute approximate surface area is 104 Å². The number of rotatable bonds is 5. The minimum atomic E-state index is -4.37. The largest absolute Gasteiger partial charge is 0.464 e. The highest BCUT2D eigenvalue weighted by Crippen LogP contribution is 2.17. The molecule has 6 nitrogen and oxygen atoms in total. The summed E-state index contributed by atoms with van der Waals surface area (Å²) >= 11 is 0. The summed E-state index contributed by atoms with van der Waals surface area (Å²) < 4.78 is 40.3. The summed E-state index contributed by atoms with van der Waals surface area (Å²) in [4.78, 5) is 0.